The van der Waals surface area contributed by atoms with Crippen LogP contribution in [-0.4, -0.2) is 19.6 Å². The number of hydrogen-bond acceptors (Lipinski definition) is 2. The highest BCUT2D eigenvalue weighted by Gasteiger charge is 2.20. The van der Waals surface area contributed by atoms with E-state index in [0.29, 0.717) is 0 Å². The molecule has 2 heteroatoms. The first-order valence-corrected chi connectivity index (χ1v) is 8.30. The molecule has 1 N–H and O–H groups in total. The zero-order chi connectivity index (χ0) is 13.9. The summed E-state index contributed by atoms with van der Waals surface area (Å²) in [5.41, 5.74) is 4.43. The van der Waals surface area contributed by atoms with Crippen molar-refractivity contribution in [3.8, 4) is 0 Å². The lowest BCUT2D eigenvalue weighted by Gasteiger charge is -2.30. The van der Waals surface area contributed by atoms with Crippen molar-refractivity contribution in [2.75, 3.05) is 18.5 Å². The predicted molar refractivity (Wildman–Crippen MR) is 86.3 cm³/mol. The van der Waals surface area contributed by atoms with E-state index >= 15 is 0 Å². The number of nitrogens with one attached hydrogen (secondary N) is 1. The molecule has 2 aliphatic rings. The molecule has 0 amide bonds. The molecule has 2 nitrogen and oxygen atoms in total. The highest BCUT2D eigenvalue weighted by Crippen LogP contribution is 2.27. The highest BCUT2D eigenvalue weighted by molar-refractivity contribution is 5.56. The molecule has 1 saturated carbocycles. The molecule has 1 aromatic rings. The van der Waals surface area contributed by atoms with Gasteiger partial charge in [-0.1, -0.05) is 31.9 Å². The Kier molecular flexibility index (Phi) is 4.30. The van der Waals surface area contributed by atoms with E-state index in [4.69, 9.17) is 0 Å². The highest BCUT2D eigenvalue weighted by atomic mass is 15.1. The van der Waals surface area contributed by atoms with Gasteiger partial charge in [0.15, 0.2) is 0 Å². The normalized spacial score (nSPS) is 26.4. The summed E-state index contributed by atoms with van der Waals surface area (Å²) in [4.78, 5) is 2.39. The van der Waals surface area contributed by atoms with Crippen LogP contribution in [0, 0.1) is 5.92 Å². The number of hydrogen-bond donors (Lipinski definition) is 1. The van der Waals surface area contributed by atoms with Gasteiger partial charge in [-0.05, 0) is 48.8 Å². The summed E-state index contributed by atoms with van der Waals surface area (Å²) in [5.74, 6) is 0.840. The van der Waals surface area contributed by atoms with Crippen LogP contribution in [0.4, 0.5) is 5.69 Å². The Morgan fingerprint density at radius 1 is 1.20 bits per heavy atom. The van der Waals surface area contributed by atoms with Crippen molar-refractivity contribution in [2.45, 2.75) is 58.0 Å². The monoisotopic (exact) mass is 272 g/mol. The number of rotatable bonds is 3. The minimum absolute atomic E-state index is 0.724. The van der Waals surface area contributed by atoms with Crippen LogP contribution in [-0.2, 0) is 13.0 Å². The van der Waals surface area contributed by atoms with Crippen LogP contribution in [0.3, 0.4) is 0 Å². The fourth-order valence-corrected chi connectivity index (χ4v) is 3.82. The average molecular weight is 272 g/mol. The molecule has 0 saturated heterocycles. The van der Waals surface area contributed by atoms with Gasteiger partial charge in [0.05, 0.1) is 0 Å². The van der Waals surface area contributed by atoms with Gasteiger partial charge < -0.3 is 10.2 Å². The van der Waals surface area contributed by atoms with Crippen molar-refractivity contribution >= 4 is 5.69 Å². The van der Waals surface area contributed by atoms with Crippen LogP contribution < -0.4 is 10.2 Å². The van der Waals surface area contributed by atoms with Crippen LogP contribution in [0.2, 0.25) is 0 Å². The molecule has 0 bridgehead atoms. The summed E-state index contributed by atoms with van der Waals surface area (Å²) in [6, 6.07) is 7.77. The molecular weight excluding hydrogens is 244 g/mol. The topological polar surface area (TPSA) is 15.3 Å². The Hall–Kier alpha value is -1.02. The number of aryl methyl sites for hydroxylation is 1. The van der Waals surface area contributed by atoms with E-state index in [1.165, 1.54) is 61.9 Å². The second-order valence-electron chi connectivity index (χ2n) is 6.74. The smallest absolute Gasteiger partial charge is 0.0396 e. The standard InChI is InChI=1S/C18H28N2/c1-14-6-3-4-8-17(14)19-13-15-9-10-18-16(12-15)7-5-11-20(18)2/h9-10,12,14,17,19H,3-8,11,13H2,1-2H3/t14-,17+/m0/s1. The predicted octanol–water partition coefficient (Wildman–Crippen LogP) is 3.74. The van der Waals surface area contributed by atoms with Gasteiger partial charge in [0, 0.05) is 31.9 Å². The largest absolute Gasteiger partial charge is 0.374 e. The van der Waals surface area contributed by atoms with Gasteiger partial charge >= 0.3 is 0 Å². The van der Waals surface area contributed by atoms with Gasteiger partial charge in [0.25, 0.3) is 0 Å². The number of benzene rings is 1. The van der Waals surface area contributed by atoms with Crippen molar-refractivity contribution < 1.29 is 0 Å². The summed E-state index contributed by atoms with van der Waals surface area (Å²) in [7, 11) is 2.21. The molecule has 0 radical (unpaired) electrons. The first kappa shape index (κ1) is 13.9. The second kappa shape index (κ2) is 6.17. The zero-order valence-corrected chi connectivity index (χ0v) is 13.0. The molecule has 0 spiro atoms. The minimum Gasteiger partial charge on any atom is -0.374 e. The quantitative estimate of drug-likeness (QED) is 0.902. The lowest BCUT2D eigenvalue weighted by Crippen LogP contribution is -2.36. The van der Waals surface area contributed by atoms with E-state index in [0.717, 1.165) is 18.5 Å². The lowest BCUT2D eigenvalue weighted by atomic mass is 9.86. The van der Waals surface area contributed by atoms with E-state index in [1.54, 1.807) is 0 Å². The molecule has 0 unspecified atom stereocenters. The SMILES string of the molecule is C[C@H]1CCCC[C@H]1NCc1ccc2c(c1)CCCN2C. The van der Waals surface area contributed by atoms with Gasteiger partial charge in [-0.3, -0.25) is 0 Å². The Morgan fingerprint density at radius 3 is 2.90 bits per heavy atom. The van der Waals surface area contributed by atoms with E-state index in [2.05, 4.69) is 42.4 Å². The molecule has 3 rings (SSSR count). The lowest BCUT2D eigenvalue weighted by molar-refractivity contribution is 0.279. The summed E-state index contributed by atoms with van der Waals surface area (Å²) >= 11 is 0. The average Bonchev–Trinajstić information content (AvgIpc) is 2.46. The van der Waals surface area contributed by atoms with Gasteiger partial charge in [0.2, 0.25) is 0 Å². The van der Waals surface area contributed by atoms with Gasteiger partial charge in [-0.15, -0.1) is 0 Å². The molecule has 1 aromatic carbocycles. The number of nitrogens with zero attached hydrogens (tertiary/aromatic N) is 1. The number of anilines is 1. The fourth-order valence-electron chi connectivity index (χ4n) is 3.82. The van der Waals surface area contributed by atoms with Crippen LogP contribution in [0.5, 0.6) is 0 Å². The summed E-state index contributed by atoms with van der Waals surface area (Å²) in [6.45, 7) is 4.63. The summed E-state index contributed by atoms with van der Waals surface area (Å²) in [5, 5.41) is 3.79. The third-order valence-electron chi connectivity index (χ3n) is 5.17. The van der Waals surface area contributed by atoms with Crippen LogP contribution in [0.15, 0.2) is 18.2 Å². The molecule has 20 heavy (non-hydrogen) atoms. The minimum atomic E-state index is 0.724. The first-order valence-electron chi connectivity index (χ1n) is 8.30. The first-order chi connectivity index (χ1) is 9.74. The summed E-state index contributed by atoms with van der Waals surface area (Å²) < 4.78 is 0. The summed E-state index contributed by atoms with van der Waals surface area (Å²) in [6.07, 6.45) is 8.11. The maximum atomic E-state index is 3.79. The molecular formula is C18H28N2. The van der Waals surface area contributed by atoms with E-state index in [9.17, 15) is 0 Å². The second-order valence-corrected chi connectivity index (χ2v) is 6.74. The van der Waals surface area contributed by atoms with E-state index in [-0.39, 0.29) is 0 Å². The van der Waals surface area contributed by atoms with Crippen molar-refractivity contribution in [1.82, 2.24) is 5.32 Å². The van der Waals surface area contributed by atoms with Crippen molar-refractivity contribution in [3.05, 3.63) is 29.3 Å². The van der Waals surface area contributed by atoms with E-state index < -0.39 is 0 Å². The van der Waals surface area contributed by atoms with Gasteiger partial charge in [-0.2, -0.15) is 0 Å². The molecule has 2 atom stereocenters. The maximum Gasteiger partial charge on any atom is 0.0396 e. The molecule has 1 aliphatic heterocycles. The fraction of sp³-hybridized carbons (Fsp3) is 0.667. The Balaban J connectivity index is 1.63. The molecule has 110 valence electrons. The van der Waals surface area contributed by atoms with Crippen molar-refractivity contribution in [2.24, 2.45) is 5.92 Å². The maximum absolute atomic E-state index is 3.79. The van der Waals surface area contributed by atoms with Crippen LogP contribution >= 0.6 is 0 Å². The Labute approximate surface area is 123 Å². The van der Waals surface area contributed by atoms with Crippen molar-refractivity contribution in [1.29, 1.82) is 0 Å². The van der Waals surface area contributed by atoms with Gasteiger partial charge in [0.1, 0.15) is 0 Å². The molecule has 0 aromatic heterocycles. The molecule has 1 fully saturated rings. The Bertz CT molecular complexity index is 455. The third kappa shape index (κ3) is 3.01. The zero-order valence-electron chi connectivity index (χ0n) is 13.0. The molecule has 1 heterocycles. The van der Waals surface area contributed by atoms with E-state index in [1.807, 2.05) is 0 Å². The van der Waals surface area contributed by atoms with Crippen LogP contribution in [0.25, 0.3) is 0 Å². The number of fused-ring (bicyclic) bond motifs is 1. The van der Waals surface area contributed by atoms with Crippen molar-refractivity contribution in [3.63, 3.8) is 0 Å². The van der Waals surface area contributed by atoms with Gasteiger partial charge in [-0.25, -0.2) is 0 Å². The molecule has 1 aliphatic carbocycles. The van der Waals surface area contributed by atoms with Crippen LogP contribution in [0.1, 0.15) is 50.2 Å². The third-order valence-corrected chi connectivity index (χ3v) is 5.17. The Morgan fingerprint density at radius 2 is 2.05 bits per heavy atom.